The second-order valence-electron chi connectivity index (χ2n) is 5.48. The smallest absolute Gasteiger partial charge is 0.240 e. The van der Waals surface area contributed by atoms with E-state index in [0.29, 0.717) is 18.3 Å². The van der Waals surface area contributed by atoms with Gasteiger partial charge in [0.15, 0.2) is 0 Å². The van der Waals surface area contributed by atoms with Crippen LogP contribution in [-0.4, -0.2) is 15.1 Å². The molecule has 0 bridgehead atoms. The molecule has 3 rings (SSSR count). The summed E-state index contributed by atoms with van der Waals surface area (Å²) in [6.45, 7) is 4.70. The molecule has 0 saturated carbocycles. The Balaban J connectivity index is 1.67. The van der Waals surface area contributed by atoms with E-state index in [0.717, 1.165) is 17.7 Å². The summed E-state index contributed by atoms with van der Waals surface area (Å²) in [6, 6.07) is 14.5. The predicted molar refractivity (Wildman–Crippen MR) is 88.6 cm³/mol. The van der Waals surface area contributed by atoms with Gasteiger partial charge in [-0.15, -0.1) is 0 Å². The van der Waals surface area contributed by atoms with Crippen LogP contribution in [0, 0.1) is 6.92 Å². The van der Waals surface area contributed by atoms with Crippen LogP contribution in [0.25, 0.3) is 11.5 Å². The van der Waals surface area contributed by atoms with Crippen LogP contribution in [0.4, 0.5) is 0 Å². The van der Waals surface area contributed by atoms with Crippen LogP contribution >= 0.6 is 0 Å². The van der Waals surface area contributed by atoms with Crippen molar-refractivity contribution >= 4 is 0 Å². The maximum absolute atomic E-state index is 5.33. The second-order valence-corrected chi connectivity index (χ2v) is 5.48. The lowest BCUT2D eigenvalue weighted by atomic mass is 10.0. The van der Waals surface area contributed by atoms with Crippen LogP contribution in [0.3, 0.4) is 0 Å². The highest BCUT2D eigenvalue weighted by Gasteiger charge is 2.13. The molecule has 5 nitrogen and oxygen atoms in total. The molecule has 0 aliphatic rings. The minimum atomic E-state index is 0.267. The molecule has 2 aromatic heterocycles. The Labute approximate surface area is 135 Å². The highest BCUT2D eigenvalue weighted by Crippen LogP contribution is 2.18. The van der Waals surface area contributed by atoms with E-state index in [1.807, 2.05) is 37.3 Å². The number of hydrogen-bond donors (Lipinski definition) is 1. The van der Waals surface area contributed by atoms with Crippen molar-refractivity contribution in [2.24, 2.45) is 0 Å². The fraction of sp³-hybridized carbons (Fsp3) is 0.278. The quantitative estimate of drug-likeness (QED) is 0.752. The molecule has 0 amide bonds. The number of nitrogens with one attached hydrogen (secondary N) is 1. The van der Waals surface area contributed by atoms with Crippen molar-refractivity contribution in [3.05, 3.63) is 65.7 Å². The first-order chi connectivity index (χ1) is 11.3. The van der Waals surface area contributed by atoms with E-state index < -0.39 is 0 Å². The molecule has 0 aliphatic carbocycles. The van der Waals surface area contributed by atoms with Crippen molar-refractivity contribution in [2.45, 2.75) is 32.9 Å². The summed E-state index contributed by atoms with van der Waals surface area (Å²) in [5.41, 5.74) is 3.11. The van der Waals surface area contributed by atoms with Gasteiger partial charge in [0.05, 0.1) is 6.54 Å². The minimum Gasteiger partial charge on any atom is -0.337 e. The molecule has 1 atom stereocenters. The molecule has 0 spiro atoms. The van der Waals surface area contributed by atoms with Gasteiger partial charge in [0.25, 0.3) is 0 Å². The van der Waals surface area contributed by atoms with Crippen molar-refractivity contribution < 1.29 is 4.52 Å². The molecule has 0 saturated heterocycles. The molecule has 3 aromatic rings. The molecular weight excluding hydrogens is 288 g/mol. The van der Waals surface area contributed by atoms with Crippen LogP contribution in [0.15, 0.2) is 53.2 Å². The zero-order valence-electron chi connectivity index (χ0n) is 13.4. The van der Waals surface area contributed by atoms with E-state index in [-0.39, 0.29) is 6.04 Å². The monoisotopic (exact) mass is 308 g/mol. The molecule has 2 heterocycles. The average Bonchev–Trinajstić information content (AvgIpc) is 3.05. The van der Waals surface area contributed by atoms with Gasteiger partial charge in [-0.2, -0.15) is 4.98 Å². The lowest BCUT2D eigenvalue weighted by Crippen LogP contribution is -2.20. The third kappa shape index (κ3) is 3.81. The fourth-order valence-electron chi connectivity index (χ4n) is 2.48. The zero-order chi connectivity index (χ0) is 16.1. The van der Waals surface area contributed by atoms with E-state index in [2.05, 4.69) is 39.5 Å². The van der Waals surface area contributed by atoms with E-state index in [9.17, 15) is 0 Å². The standard InChI is InChI=1S/C18H20N4O/c1-3-15(14-7-5-4-6-8-14)20-12-17-21-18(22-23-17)16-11-13(2)9-10-19-16/h4-11,15,20H,3,12H2,1-2H3/t15-/m1/s1. The number of pyridine rings is 1. The van der Waals surface area contributed by atoms with Crippen LogP contribution in [0.1, 0.15) is 36.4 Å². The van der Waals surface area contributed by atoms with Crippen molar-refractivity contribution in [3.8, 4) is 11.5 Å². The van der Waals surface area contributed by atoms with E-state index in [4.69, 9.17) is 4.52 Å². The molecule has 1 aromatic carbocycles. The van der Waals surface area contributed by atoms with Gasteiger partial charge in [-0.1, -0.05) is 42.4 Å². The largest absolute Gasteiger partial charge is 0.337 e. The third-order valence-corrected chi connectivity index (χ3v) is 3.72. The Kier molecular flexibility index (Phi) is 4.78. The third-order valence-electron chi connectivity index (χ3n) is 3.72. The van der Waals surface area contributed by atoms with Crippen LogP contribution in [0.5, 0.6) is 0 Å². The summed E-state index contributed by atoms with van der Waals surface area (Å²) in [7, 11) is 0. The number of hydrogen-bond acceptors (Lipinski definition) is 5. The Morgan fingerprint density at radius 1 is 1.17 bits per heavy atom. The SMILES string of the molecule is CC[C@@H](NCc1nc(-c2cc(C)ccn2)no1)c1ccccc1. The Bertz CT molecular complexity index is 754. The highest BCUT2D eigenvalue weighted by atomic mass is 16.5. The van der Waals surface area contributed by atoms with Crippen molar-refractivity contribution in [1.82, 2.24) is 20.4 Å². The molecular formula is C18H20N4O. The van der Waals surface area contributed by atoms with Gasteiger partial charge in [0.1, 0.15) is 5.69 Å². The Hall–Kier alpha value is -2.53. The van der Waals surface area contributed by atoms with Crippen LogP contribution in [-0.2, 0) is 6.54 Å². The lowest BCUT2D eigenvalue weighted by molar-refractivity contribution is 0.356. The topological polar surface area (TPSA) is 63.8 Å². The molecule has 0 unspecified atom stereocenters. The van der Waals surface area contributed by atoms with Gasteiger partial charge >= 0.3 is 0 Å². The summed E-state index contributed by atoms with van der Waals surface area (Å²) in [6.07, 6.45) is 2.74. The molecule has 23 heavy (non-hydrogen) atoms. The zero-order valence-corrected chi connectivity index (χ0v) is 13.4. The molecule has 5 heteroatoms. The van der Waals surface area contributed by atoms with E-state index in [1.165, 1.54) is 5.56 Å². The van der Waals surface area contributed by atoms with Gasteiger partial charge in [-0.25, -0.2) is 0 Å². The maximum atomic E-state index is 5.33. The highest BCUT2D eigenvalue weighted by molar-refractivity contribution is 5.48. The second kappa shape index (κ2) is 7.15. The lowest BCUT2D eigenvalue weighted by Gasteiger charge is -2.15. The van der Waals surface area contributed by atoms with Gasteiger partial charge in [-0.05, 0) is 36.6 Å². The van der Waals surface area contributed by atoms with Crippen molar-refractivity contribution in [3.63, 3.8) is 0 Å². The molecule has 0 fully saturated rings. The first-order valence-corrected chi connectivity index (χ1v) is 7.80. The van der Waals surface area contributed by atoms with Gasteiger partial charge < -0.3 is 9.84 Å². The number of nitrogens with zero attached hydrogens (tertiary/aromatic N) is 3. The summed E-state index contributed by atoms with van der Waals surface area (Å²) < 4.78 is 5.33. The van der Waals surface area contributed by atoms with Crippen molar-refractivity contribution in [2.75, 3.05) is 0 Å². The van der Waals surface area contributed by atoms with Crippen molar-refractivity contribution in [1.29, 1.82) is 0 Å². The summed E-state index contributed by atoms with van der Waals surface area (Å²) in [5.74, 6) is 1.09. The van der Waals surface area contributed by atoms with Gasteiger partial charge in [0, 0.05) is 12.2 Å². The normalized spacial score (nSPS) is 12.3. The summed E-state index contributed by atoms with van der Waals surface area (Å²) in [5, 5.41) is 7.48. The summed E-state index contributed by atoms with van der Waals surface area (Å²) in [4.78, 5) is 8.70. The minimum absolute atomic E-state index is 0.267. The summed E-state index contributed by atoms with van der Waals surface area (Å²) >= 11 is 0. The van der Waals surface area contributed by atoms with Gasteiger partial charge in [0.2, 0.25) is 11.7 Å². The number of aryl methyl sites for hydroxylation is 1. The Morgan fingerprint density at radius 3 is 2.74 bits per heavy atom. The molecule has 0 aliphatic heterocycles. The Morgan fingerprint density at radius 2 is 2.00 bits per heavy atom. The van der Waals surface area contributed by atoms with Crippen LogP contribution in [0.2, 0.25) is 0 Å². The number of rotatable bonds is 6. The first-order valence-electron chi connectivity index (χ1n) is 7.80. The van der Waals surface area contributed by atoms with E-state index >= 15 is 0 Å². The maximum Gasteiger partial charge on any atom is 0.240 e. The van der Waals surface area contributed by atoms with Gasteiger partial charge in [-0.3, -0.25) is 4.98 Å². The fourth-order valence-corrected chi connectivity index (χ4v) is 2.48. The molecule has 1 N–H and O–H groups in total. The molecule has 118 valence electrons. The number of benzene rings is 1. The molecule has 0 radical (unpaired) electrons. The number of aromatic nitrogens is 3. The first kappa shape index (κ1) is 15.4. The van der Waals surface area contributed by atoms with E-state index in [1.54, 1.807) is 6.20 Å². The predicted octanol–water partition coefficient (Wildman–Crippen LogP) is 3.68. The average molecular weight is 308 g/mol. The van der Waals surface area contributed by atoms with Crippen LogP contribution < -0.4 is 5.32 Å².